The molecular formula is C11H12N2O3. The number of nitrogens with one attached hydrogen (secondary N) is 1. The maximum atomic E-state index is 9.72. The highest BCUT2D eigenvalue weighted by Gasteiger charge is 2.20. The van der Waals surface area contributed by atoms with Gasteiger partial charge < -0.3 is 19.7 Å². The van der Waals surface area contributed by atoms with Gasteiger partial charge in [0.15, 0.2) is 5.58 Å². The van der Waals surface area contributed by atoms with Crippen LogP contribution in [0, 0.1) is 0 Å². The van der Waals surface area contributed by atoms with Crippen LogP contribution in [0.15, 0.2) is 22.7 Å². The molecule has 1 aliphatic heterocycles. The van der Waals surface area contributed by atoms with Crippen molar-refractivity contribution in [3.8, 4) is 11.6 Å². The van der Waals surface area contributed by atoms with Crippen LogP contribution in [-0.4, -0.2) is 29.5 Å². The van der Waals surface area contributed by atoms with Crippen molar-refractivity contribution in [2.45, 2.75) is 12.5 Å². The zero-order chi connectivity index (χ0) is 11.0. The smallest absolute Gasteiger partial charge is 0.266 e. The molecule has 0 bridgehead atoms. The fraction of sp³-hybridized carbons (Fsp3) is 0.364. The number of ether oxygens (including phenoxy) is 1. The minimum atomic E-state index is 0.105. The third-order valence-electron chi connectivity index (χ3n) is 2.74. The lowest BCUT2D eigenvalue weighted by molar-refractivity contribution is 0.204. The number of fused-ring (bicyclic) bond motifs is 1. The highest BCUT2D eigenvalue weighted by molar-refractivity contribution is 5.88. The second-order valence-corrected chi connectivity index (χ2v) is 3.87. The summed E-state index contributed by atoms with van der Waals surface area (Å²) in [6, 6.07) is 5.06. The van der Waals surface area contributed by atoms with Crippen molar-refractivity contribution >= 4 is 11.0 Å². The third-order valence-corrected chi connectivity index (χ3v) is 2.74. The zero-order valence-corrected chi connectivity index (χ0v) is 8.64. The first-order valence-corrected chi connectivity index (χ1v) is 5.29. The lowest BCUT2D eigenvalue weighted by Crippen LogP contribution is -2.19. The van der Waals surface area contributed by atoms with E-state index in [4.69, 9.17) is 9.26 Å². The molecule has 0 amide bonds. The number of aromatic hydroxyl groups is 1. The van der Waals surface area contributed by atoms with Gasteiger partial charge in [0, 0.05) is 6.54 Å². The number of rotatable bonds is 2. The SMILES string of the molecule is Oc1cccc2onc(OC3CCNC3)c12. The molecule has 2 heterocycles. The van der Waals surface area contributed by atoms with Gasteiger partial charge >= 0.3 is 0 Å². The van der Waals surface area contributed by atoms with Crippen LogP contribution in [0.25, 0.3) is 11.0 Å². The molecule has 0 radical (unpaired) electrons. The molecule has 5 nitrogen and oxygen atoms in total. The highest BCUT2D eigenvalue weighted by Crippen LogP contribution is 2.33. The van der Waals surface area contributed by atoms with Crippen LogP contribution in [0.5, 0.6) is 11.6 Å². The van der Waals surface area contributed by atoms with Crippen molar-refractivity contribution in [1.29, 1.82) is 0 Å². The molecule has 1 saturated heterocycles. The number of aromatic nitrogens is 1. The van der Waals surface area contributed by atoms with Crippen LogP contribution in [-0.2, 0) is 0 Å². The quantitative estimate of drug-likeness (QED) is 0.797. The van der Waals surface area contributed by atoms with Crippen molar-refractivity contribution in [1.82, 2.24) is 10.5 Å². The second-order valence-electron chi connectivity index (χ2n) is 3.87. The summed E-state index contributed by atoms with van der Waals surface area (Å²) in [5.74, 6) is 0.515. The number of benzene rings is 1. The lowest BCUT2D eigenvalue weighted by atomic mass is 10.2. The molecular weight excluding hydrogens is 208 g/mol. The van der Waals surface area contributed by atoms with Gasteiger partial charge in [-0.05, 0) is 30.3 Å². The topological polar surface area (TPSA) is 67.5 Å². The minimum absolute atomic E-state index is 0.105. The Balaban J connectivity index is 1.97. The summed E-state index contributed by atoms with van der Waals surface area (Å²) >= 11 is 0. The summed E-state index contributed by atoms with van der Waals surface area (Å²) in [4.78, 5) is 0. The summed E-state index contributed by atoms with van der Waals surface area (Å²) in [6.07, 6.45) is 1.05. The molecule has 5 heteroatoms. The van der Waals surface area contributed by atoms with Gasteiger partial charge in [0.05, 0.1) is 0 Å². The predicted molar refractivity (Wildman–Crippen MR) is 57.6 cm³/mol. The number of hydrogen-bond acceptors (Lipinski definition) is 5. The molecule has 1 aromatic heterocycles. The van der Waals surface area contributed by atoms with Crippen LogP contribution in [0.4, 0.5) is 0 Å². The van der Waals surface area contributed by atoms with E-state index in [1.54, 1.807) is 18.2 Å². The maximum absolute atomic E-state index is 9.72. The Morgan fingerprint density at radius 1 is 1.50 bits per heavy atom. The van der Waals surface area contributed by atoms with Gasteiger partial charge in [-0.1, -0.05) is 6.07 Å². The summed E-state index contributed by atoms with van der Waals surface area (Å²) in [5.41, 5.74) is 0.543. The average Bonchev–Trinajstić information content (AvgIpc) is 2.90. The first-order valence-electron chi connectivity index (χ1n) is 5.29. The highest BCUT2D eigenvalue weighted by atomic mass is 16.5. The Kier molecular flexibility index (Phi) is 2.18. The molecule has 1 aliphatic rings. The van der Waals surface area contributed by atoms with Gasteiger partial charge in [-0.2, -0.15) is 0 Å². The Morgan fingerprint density at radius 3 is 3.25 bits per heavy atom. The average molecular weight is 220 g/mol. The summed E-state index contributed by atoms with van der Waals surface area (Å²) in [5, 5.41) is 17.3. The Hall–Kier alpha value is -1.75. The van der Waals surface area contributed by atoms with Gasteiger partial charge in [0.25, 0.3) is 5.88 Å². The van der Waals surface area contributed by atoms with Crippen molar-refractivity contribution in [3.05, 3.63) is 18.2 Å². The first kappa shape index (κ1) is 9.47. The second kappa shape index (κ2) is 3.68. The molecule has 0 spiro atoms. The molecule has 1 unspecified atom stereocenters. The lowest BCUT2D eigenvalue weighted by Gasteiger charge is -2.08. The third kappa shape index (κ3) is 1.49. The molecule has 0 aliphatic carbocycles. The van der Waals surface area contributed by atoms with E-state index in [0.29, 0.717) is 16.8 Å². The van der Waals surface area contributed by atoms with Gasteiger partial charge in [0.1, 0.15) is 17.2 Å². The summed E-state index contributed by atoms with van der Waals surface area (Å²) < 4.78 is 10.8. The van der Waals surface area contributed by atoms with Gasteiger partial charge in [-0.3, -0.25) is 0 Å². The van der Waals surface area contributed by atoms with Crippen LogP contribution >= 0.6 is 0 Å². The van der Waals surface area contributed by atoms with Crippen LogP contribution in [0.2, 0.25) is 0 Å². The fourth-order valence-corrected chi connectivity index (χ4v) is 1.91. The van der Waals surface area contributed by atoms with Crippen molar-refractivity contribution in [2.75, 3.05) is 13.1 Å². The zero-order valence-electron chi connectivity index (χ0n) is 8.64. The summed E-state index contributed by atoms with van der Waals surface area (Å²) in [6.45, 7) is 1.76. The number of hydrogen-bond donors (Lipinski definition) is 2. The minimum Gasteiger partial charge on any atom is -0.507 e. The Morgan fingerprint density at radius 2 is 2.44 bits per heavy atom. The van der Waals surface area contributed by atoms with E-state index in [9.17, 15) is 5.11 Å². The van der Waals surface area contributed by atoms with E-state index < -0.39 is 0 Å². The van der Waals surface area contributed by atoms with Crippen molar-refractivity contribution in [3.63, 3.8) is 0 Å². The summed E-state index contributed by atoms with van der Waals surface area (Å²) in [7, 11) is 0. The molecule has 1 aromatic carbocycles. The normalized spacial score (nSPS) is 20.4. The monoisotopic (exact) mass is 220 g/mol. The fourth-order valence-electron chi connectivity index (χ4n) is 1.91. The van der Waals surface area contributed by atoms with E-state index in [1.807, 2.05) is 0 Å². The first-order chi connectivity index (χ1) is 7.84. The van der Waals surface area contributed by atoms with E-state index in [-0.39, 0.29) is 11.9 Å². The standard InChI is InChI=1S/C11H12N2O3/c14-8-2-1-3-9-10(8)11(13-16-9)15-7-4-5-12-6-7/h1-3,7,12,14H,4-6H2. The molecule has 1 fully saturated rings. The number of nitrogens with zero attached hydrogens (tertiary/aromatic N) is 1. The van der Waals surface area contributed by atoms with Gasteiger partial charge in [-0.25, -0.2) is 0 Å². The molecule has 3 rings (SSSR count). The van der Waals surface area contributed by atoms with Crippen LogP contribution < -0.4 is 10.1 Å². The molecule has 0 saturated carbocycles. The number of phenols is 1. The molecule has 2 N–H and O–H groups in total. The Bertz CT molecular complexity index is 503. The van der Waals surface area contributed by atoms with E-state index in [1.165, 1.54) is 0 Å². The van der Waals surface area contributed by atoms with Gasteiger partial charge in [-0.15, -0.1) is 0 Å². The van der Waals surface area contributed by atoms with Crippen molar-refractivity contribution in [2.24, 2.45) is 0 Å². The Labute approximate surface area is 92.0 Å². The van der Waals surface area contributed by atoms with E-state index in [2.05, 4.69) is 10.5 Å². The molecule has 84 valence electrons. The number of phenolic OH excluding ortho intramolecular Hbond substituents is 1. The largest absolute Gasteiger partial charge is 0.507 e. The maximum Gasteiger partial charge on any atom is 0.266 e. The molecule has 2 aromatic rings. The van der Waals surface area contributed by atoms with Crippen LogP contribution in [0.1, 0.15) is 6.42 Å². The van der Waals surface area contributed by atoms with E-state index in [0.717, 1.165) is 19.5 Å². The predicted octanol–water partition coefficient (Wildman–Crippen LogP) is 1.27. The van der Waals surface area contributed by atoms with Gasteiger partial charge in [0.2, 0.25) is 0 Å². The molecule has 16 heavy (non-hydrogen) atoms. The van der Waals surface area contributed by atoms with Crippen LogP contribution in [0.3, 0.4) is 0 Å². The molecule has 1 atom stereocenters. The van der Waals surface area contributed by atoms with E-state index >= 15 is 0 Å². The van der Waals surface area contributed by atoms with Crippen molar-refractivity contribution < 1.29 is 14.4 Å².